The van der Waals surface area contributed by atoms with E-state index in [1.807, 2.05) is 0 Å². The first-order valence-electron chi connectivity index (χ1n) is 8.51. The van der Waals surface area contributed by atoms with E-state index in [-0.39, 0.29) is 17.9 Å². The number of hydrogen-bond donors (Lipinski definition) is 0. The Hall–Kier alpha value is -2.28. The molecule has 1 saturated carbocycles. The van der Waals surface area contributed by atoms with Crippen LogP contribution in [0.1, 0.15) is 45.5 Å². The van der Waals surface area contributed by atoms with Crippen LogP contribution in [0, 0.1) is 0 Å². The molecule has 0 N–H and O–H groups in total. The van der Waals surface area contributed by atoms with Gasteiger partial charge < -0.3 is 0 Å². The molecule has 2 aromatic carbocycles. The lowest BCUT2D eigenvalue weighted by Crippen LogP contribution is -2.43. The Morgan fingerprint density at radius 3 is 2.00 bits per heavy atom. The quantitative estimate of drug-likeness (QED) is 0.516. The van der Waals surface area contributed by atoms with Crippen LogP contribution in [0.25, 0.3) is 0 Å². The molecule has 1 heterocycles. The Kier molecular flexibility index (Phi) is 5.60. The summed E-state index contributed by atoms with van der Waals surface area (Å²) in [4.78, 5) is 26.0. The van der Waals surface area contributed by atoms with Crippen LogP contribution in [-0.2, 0) is 6.18 Å². The molecule has 0 saturated heterocycles. The maximum atomic E-state index is 12.1. The topological polar surface area (TPSA) is 37.4 Å². The minimum absolute atomic E-state index is 0.111. The number of fused-ring (bicyclic) bond motifs is 1. The van der Waals surface area contributed by atoms with E-state index >= 15 is 0 Å². The van der Waals surface area contributed by atoms with Gasteiger partial charge in [-0.05, 0) is 55.9 Å². The standard InChI is InChI=1S/C12H11NO2.C8H7F3S/c14-11-9-6-1-2-7-10(9)12(15)13(11)8-4-3-5-8;1-12-7-4-2-3-6(5-7)8(9,10)11/h1-2,6-8H,3-5H2;2-5H,1H3. The number of thioether (sulfide) groups is 1. The van der Waals surface area contributed by atoms with Crippen LogP contribution in [0.15, 0.2) is 53.4 Å². The average Bonchev–Trinajstić information content (AvgIpc) is 2.86. The fourth-order valence-electron chi connectivity index (χ4n) is 2.98. The first-order valence-corrected chi connectivity index (χ1v) is 9.73. The van der Waals surface area contributed by atoms with Crippen LogP contribution < -0.4 is 0 Å². The van der Waals surface area contributed by atoms with Gasteiger partial charge in [-0.25, -0.2) is 0 Å². The summed E-state index contributed by atoms with van der Waals surface area (Å²) in [5, 5.41) is 0. The summed E-state index contributed by atoms with van der Waals surface area (Å²) in [5.41, 5.74) is 0.540. The highest BCUT2D eigenvalue weighted by atomic mass is 32.2. The van der Waals surface area contributed by atoms with Gasteiger partial charge in [0.05, 0.1) is 16.7 Å². The van der Waals surface area contributed by atoms with E-state index in [0.29, 0.717) is 16.0 Å². The Morgan fingerprint density at radius 2 is 1.56 bits per heavy atom. The Bertz CT molecular complexity index is 827. The number of hydrogen-bond acceptors (Lipinski definition) is 3. The number of nitrogens with zero attached hydrogens (tertiary/aromatic N) is 1. The summed E-state index contributed by atoms with van der Waals surface area (Å²) in [6, 6.07) is 12.5. The molecule has 4 rings (SSSR count). The zero-order valence-corrected chi connectivity index (χ0v) is 15.4. The van der Waals surface area contributed by atoms with E-state index in [1.165, 1.54) is 22.7 Å². The highest BCUT2D eigenvalue weighted by molar-refractivity contribution is 7.98. The molecule has 0 aromatic heterocycles. The molecule has 0 spiro atoms. The average molecular weight is 393 g/mol. The van der Waals surface area contributed by atoms with Gasteiger partial charge in [-0.2, -0.15) is 13.2 Å². The van der Waals surface area contributed by atoms with Gasteiger partial charge in [-0.3, -0.25) is 14.5 Å². The van der Waals surface area contributed by atoms with Crippen molar-refractivity contribution in [2.75, 3.05) is 6.26 Å². The minimum Gasteiger partial charge on any atom is -0.271 e. The molecule has 7 heteroatoms. The highest BCUT2D eigenvalue weighted by Crippen LogP contribution is 2.33. The summed E-state index contributed by atoms with van der Waals surface area (Å²) >= 11 is 1.30. The van der Waals surface area contributed by atoms with Gasteiger partial charge in [0, 0.05) is 10.9 Å². The third kappa shape index (κ3) is 4.03. The van der Waals surface area contributed by atoms with Crippen molar-refractivity contribution in [2.24, 2.45) is 0 Å². The fourth-order valence-corrected chi connectivity index (χ4v) is 3.44. The molecule has 2 amide bonds. The van der Waals surface area contributed by atoms with Gasteiger partial charge in [0.25, 0.3) is 11.8 Å². The van der Waals surface area contributed by atoms with Crippen molar-refractivity contribution in [1.82, 2.24) is 4.90 Å². The SMILES string of the molecule is CSc1cccc(C(F)(F)F)c1.O=C1c2ccccc2C(=O)N1C1CCC1. The molecule has 0 radical (unpaired) electrons. The second kappa shape index (κ2) is 7.76. The van der Waals surface area contributed by atoms with Crippen molar-refractivity contribution < 1.29 is 22.8 Å². The van der Waals surface area contributed by atoms with Crippen LogP contribution in [0.3, 0.4) is 0 Å². The largest absolute Gasteiger partial charge is 0.416 e. The van der Waals surface area contributed by atoms with Crippen molar-refractivity contribution in [3.05, 3.63) is 65.2 Å². The third-order valence-corrected chi connectivity index (χ3v) is 5.39. The normalized spacial score (nSPS) is 16.5. The van der Waals surface area contributed by atoms with Gasteiger partial charge in [0.2, 0.25) is 0 Å². The molecular formula is C20H18F3NO2S. The molecule has 1 aliphatic carbocycles. The van der Waals surface area contributed by atoms with Crippen LogP contribution in [-0.4, -0.2) is 29.0 Å². The van der Waals surface area contributed by atoms with Gasteiger partial charge in [0.1, 0.15) is 0 Å². The third-order valence-electron chi connectivity index (χ3n) is 4.66. The minimum atomic E-state index is -4.23. The number of rotatable bonds is 2. The van der Waals surface area contributed by atoms with E-state index in [0.717, 1.165) is 31.4 Å². The lowest BCUT2D eigenvalue weighted by atomic mass is 9.91. The summed E-state index contributed by atoms with van der Waals surface area (Å²) in [7, 11) is 0. The molecule has 0 unspecified atom stereocenters. The molecule has 27 heavy (non-hydrogen) atoms. The van der Waals surface area contributed by atoms with E-state index in [2.05, 4.69) is 0 Å². The van der Waals surface area contributed by atoms with Gasteiger partial charge >= 0.3 is 6.18 Å². The van der Waals surface area contributed by atoms with Crippen molar-refractivity contribution in [3.63, 3.8) is 0 Å². The van der Waals surface area contributed by atoms with Gasteiger partial charge in [0.15, 0.2) is 0 Å². The molecular weight excluding hydrogens is 375 g/mol. The maximum absolute atomic E-state index is 12.1. The van der Waals surface area contributed by atoms with Crippen LogP contribution in [0.4, 0.5) is 13.2 Å². The Balaban J connectivity index is 0.000000161. The van der Waals surface area contributed by atoms with Crippen molar-refractivity contribution in [3.8, 4) is 0 Å². The van der Waals surface area contributed by atoms with E-state index in [1.54, 1.807) is 36.6 Å². The number of benzene rings is 2. The number of imide groups is 1. The van der Waals surface area contributed by atoms with Crippen molar-refractivity contribution in [2.45, 2.75) is 36.4 Å². The summed E-state index contributed by atoms with van der Waals surface area (Å²) in [6.45, 7) is 0. The van der Waals surface area contributed by atoms with Crippen LogP contribution in [0.5, 0.6) is 0 Å². The monoisotopic (exact) mass is 393 g/mol. The molecule has 0 bridgehead atoms. The fraction of sp³-hybridized carbons (Fsp3) is 0.300. The number of carbonyl (C=O) groups excluding carboxylic acids is 2. The van der Waals surface area contributed by atoms with Gasteiger partial charge in [-0.15, -0.1) is 11.8 Å². The molecule has 1 fully saturated rings. The number of alkyl halides is 3. The second-order valence-electron chi connectivity index (χ2n) is 6.34. The number of halogens is 3. The van der Waals surface area contributed by atoms with Crippen molar-refractivity contribution in [1.29, 1.82) is 0 Å². The first-order chi connectivity index (χ1) is 12.8. The molecule has 3 nitrogen and oxygen atoms in total. The molecule has 0 atom stereocenters. The molecule has 1 aliphatic heterocycles. The molecule has 2 aromatic rings. The predicted molar refractivity (Wildman–Crippen MR) is 97.8 cm³/mol. The predicted octanol–water partition coefficient (Wildman–Crippen LogP) is 5.26. The number of amides is 2. The van der Waals surface area contributed by atoms with Crippen LogP contribution >= 0.6 is 11.8 Å². The zero-order chi connectivity index (χ0) is 19.6. The lowest BCUT2D eigenvalue weighted by molar-refractivity contribution is -0.137. The molecule has 142 valence electrons. The van der Waals surface area contributed by atoms with E-state index in [4.69, 9.17) is 0 Å². The highest BCUT2D eigenvalue weighted by Gasteiger charge is 2.41. The second-order valence-corrected chi connectivity index (χ2v) is 7.22. The number of carbonyl (C=O) groups is 2. The lowest BCUT2D eigenvalue weighted by Gasteiger charge is -2.32. The van der Waals surface area contributed by atoms with E-state index < -0.39 is 11.7 Å². The maximum Gasteiger partial charge on any atom is 0.416 e. The Morgan fingerprint density at radius 1 is 0.963 bits per heavy atom. The van der Waals surface area contributed by atoms with Gasteiger partial charge in [-0.1, -0.05) is 18.2 Å². The summed E-state index contributed by atoms with van der Waals surface area (Å²) < 4.78 is 36.3. The van der Waals surface area contributed by atoms with Crippen LogP contribution in [0.2, 0.25) is 0 Å². The van der Waals surface area contributed by atoms with Crippen molar-refractivity contribution >= 4 is 23.6 Å². The van der Waals surface area contributed by atoms with E-state index in [9.17, 15) is 22.8 Å². The Labute approximate surface area is 159 Å². The first kappa shape index (κ1) is 19.5. The summed E-state index contributed by atoms with van der Waals surface area (Å²) in [6.07, 6.45) is 0.566. The smallest absolute Gasteiger partial charge is 0.271 e. The zero-order valence-electron chi connectivity index (χ0n) is 14.6. The molecule has 2 aliphatic rings. The summed E-state index contributed by atoms with van der Waals surface area (Å²) in [5.74, 6) is -0.222.